The summed E-state index contributed by atoms with van der Waals surface area (Å²) in [6, 6.07) is 18.3. The Labute approximate surface area is 189 Å². The third kappa shape index (κ3) is 5.47. The molecule has 4 atom stereocenters. The van der Waals surface area contributed by atoms with Crippen molar-refractivity contribution in [1.29, 1.82) is 0 Å². The van der Waals surface area contributed by atoms with E-state index in [2.05, 4.69) is 96.7 Å². The van der Waals surface area contributed by atoms with Crippen LogP contribution in [0.1, 0.15) is 74.6 Å². The van der Waals surface area contributed by atoms with Crippen molar-refractivity contribution in [1.82, 2.24) is 0 Å². The summed E-state index contributed by atoms with van der Waals surface area (Å²) >= 11 is 0. The van der Waals surface area contributed by atoms with Gasteiger partial charge in [-0.1, -0.05) is 93.4 Å². The Hall–Kier alpha value is -2.35. The zero-order valence-corrected chi connectivity index (χ0v) is 20.2. The standard InChI is InChI=1S/C29H39NO/c1-8-16-29(7,28-30-27(19-31-28)20(2)3)18-26(25-11-9-10-22(5)17-25)23(6)24-14-12-21(4)13-15-24/h8-15,17,20,23,26-27H,1,16,18-19H2,2-7H3/t23-,26+,27-,29+/m1/s1. The van der Waals surface area contributed by atoms with Crippen molar-refractivity contribution in [3.8, 4) is 0 Å². The molecule has 0 N–H and O–H groups in total. The van der Waals surface area contributed by atoms with Crippen molar-refractivity contribution < 1.29 is 4.74 Å². The summed E-state index contributed by atoms with van der Waals surface area (Å²) in [5, 5.41) is 0. The second kappa shape index (κ2) is 9.85. The normalized spacial score (nSPS) is 20.0. The van der Waals surface area contributed by atoms with Gasteiger partial charge in [-0.3, -0.25) is 0 Å². The van der Waals surface area contributed by atoms with E-state index in [0.29, 0.717) is 24.4 Å². The SMILES string of the molecule is C=CC[C@@](C)(C[C@H](c1cccc(C)c1)[C@H](C)c1ccc(C)cc1)C1=N[C@@H](C(C)C)CO1. The Bertz CT molecular complexity index is 911. The first-order chi connectivity index (χ1) is 14.7. The molecule has 1 heterocycles. The Morgan fingerprint density at radius 1 is 1.06 bits per heavy atom. The first-order valence-electron chi connectivity index (χ1n) is 11.7. The van der Waals surface area contributed by atoms with E-state index in [-0.39, 0.29) is 11.5 Å². The maximum absolute atomic E-state index is 6.21. The third-order valence-corrected chi connectivity index (χ3v) is 6.90. The quantitative estimate of drug-likeness (QED) is 0.385. The molecule has 3 rings (SSSR count). The van der Waals surface area contributed by atoms with Crippen molar-refractivity contribution in [2.45, 2.75) is 72.3 Å². The highest BCUT2D eigenvalue weighted by Crippen LogP contribution is 2.45. The van der Waals surface area contributed by atoms with Crippen LogP contribution >= 0.6 is 0 Å². The molecule has 0 fully saturated rings. The van der Waals surface area contributed by atoms with Gasteiger partial charge in [-0.2, -0.15) is 0 Å². The predicted molar refractivity (Wildman–Crippen MR) is 133 cm³/mol. The number of ether oxygens (including phenoxy) is 1. The molecule has 1 aliphatic rings. The summed E-state index contributed by atoms with van der Waals surface area (Å²) in [4.78, 5) is 5.03. The molecule has 0 saturated carbocycles. The van der Waals surface area contributed by atoms with Crippen LogP contribution in [0, 0.1) is 25.2 Å². The molecule has 2 aromatic rings. The first-order valence-corrected chi connectivity index (χ1v) is 11.7. The van der Waals surface area contributed by atoms with E-state index in [1.54, 1.807) is 0 Å². The van der Waals surface area contributed by atoms with Crippen LogP contribution in [0.25, 0.3) is 0 Å². The van der Waals surface area contributed by atoms with Gasteiger partial charge in [0.1, 0.15) is 6.61 Å². The summed E-state index contributed by atoms with van der Waals surface area (Å²) in [5.74, 6) is 2.15. The Balaban J connectivity index is 2.00. The van der Waals surface area contributed by atoms with Crippen molar-refractivity contribution in [3.05, 3.63) is 83.4 Å². The maximum Gasteiger partial charge on any atom is 0.190 e. The first kappa shape index (κ1) is 23.3. The molecular formula is C29H39NO. The number of nitrogens with zero attached hydrogens (tertiary/aromatic N) is 1. The lowest BCUT2D eigenvalue weighted by molar-refractivity contribution is 0.239. The number of benzene rings is 2. The van der Waals surface area contributed by atoms with Gasteiger partial charge < -0.3 is 4.74 Å². The van der Waals surface area contributed by atoms with Gasteiger partial charge in [-0.25, -0.2) is 4.99 Å². The number of aliphatic imine (C=N–C) groups is 1. The van der Waals surface area contributed by atoms with Crippen molar-refractivity contribution in [2.75, 3.05) is 6.61 Å². The smallest absolute Gasteiger partial charge is 0.190 e. The van der Waals surface area contributed by atoms with Gasteiger partial charge in [0, 0.05) is 5.41 Å². The lowest BCUT2D eigenvalue weighted by Crippen LogP contribution is -2.31. The van der Waals surface area contributed by atoms with Crippen LogP contribution in [0.2, 0.25) is 0 Å². The summed E-state index contributed by atoms with van der Waals surface area (Å²) in [5.41, 5.74) is 5.21. The van der Waals surface area contributed by atoms with Crippen LogP contribution in [0.15, 0.2) is 66.2 Å². The van der Waals surface area contributed by atoms with E-state index in [4.69, 9.17) is 9.73 Å². The van der Waals surface area contributed by atoms with Gasteiger partial charge in [0.25, 0.3) is 0 Å². The average Bonchev–Trinajstić information content (AvgIpc) is 3.24. The molecule has 0 amide bonds. The highest BCUT2D eigenvalue weighted by atomic mass is 16.5. The fourth-order valence-corrected chi connectivity index (χ4v) is 4.71. The number of aryl methyl sites for hydroxylation is 2. The predicted octanol–water partition coefficient (Wildman–Crippen LogP) is 7.62. The molecule has 2 heteroatoms. The monoisotopic (exact) mass is 417 g/mol. The van der Waals surface area contributed by atoms with Crippen molar-refractivity contribution in [2.24, 2.45) is 16.3 Å². The maximum atomic E-state index is 6.21. The lowest BCUT2D eigenvalue weighted by atomic mass is 9.70. The minimum atomic E-state index is -0.168. The van der Waals surface area contributed by atoms with Crippen molar-refractivity contribution >= 4 is 5.90 Å². The fraction of sp³-hybridized carbons (Fsp3) is 0.483. The summed E-state index contributed by atoms with van der Waals surface area (Å²) < 4.78 is 6.21. The number of rotatable bonds is 9. The topological polar surface area (TPSA) is 21.6 Å². The molecular weight excluding hydrogens is 378 g/mol. The number of hydrogen-bond acceptors (Lipinski definition) is 2. The summed E-state index contributed by atoms with van der Waals surface area (Å²) in [6.07, 6.45) is 3.86. The average molecular weight is 418 g/mol. The van der Waals surface area contributed by atoms with E-state index >= 15 is 0 Å². The Morgan fingerprint density at radius 2 is 1.77 bits per heavy atom. The summed E-state index contributed by atoms with van der Waals surface area (Å²) in [7, 11) is 0. The van der Waals surface area contributed by atoms with Crippen molar-refractivity contribution in [3.63, 3.8) is 0 Å². The fourth-order valence-electron chi connectivity index (χ4n) is 4.71. The molecule has 0 aliphatic carbocycles. The molecule has 0 spiro atoms. The largest absolute Gasteiger partial charge is 0.478 e. The van der Waals surface area contributed by atoms with Gasteiger partial charge in [-0.15, -0.1) is 6.58 Å². The van der Waals surface area contributed by atoms with E-state index in [9.17, 15) is 0 Å². The highest BCUT2D eigenvalue weighted by Gasteiger charge is 2.40. The van der Waals surface area contributed by atoms with Gasteiger partial charge >= 0.3 is 0 Å². The Kier molecular flexibility index (Phi) is 7.41. The molecule has 0 unspecified atom stereocenters. The molecule has 2 aromatic carbocycles. The van der Waals surface area contributed by atoms with Gasteiger partial charge in [-0.05, 0) is 55.6 Å². The molecule has 0 radical (unpaired) electrons. The molecule has 0 bridgehead atoms. The van der Waals surface area contributed by atoms with E-state index in [1.807, 2.05) is 6.08 Å². The summed E-state index contributed by atoms with van der Waals surface area (Å²) in [6.45, 7) is 18.2. The number of hydrogen-bond donors (Lipinski definition) is 0. The minimum Gasteiger partial charge on any atom is -0.478 e. The van der Waals surface area contributed by atoms with Gasteiger partial charge in [0.05, 0.1) is 6.04 Å². The number of allylic oxidation sites excluding steroid dienone is 1. The lowest BCUT2D eigenvalue weighted by Gasteiger charge is -2.35. The van der Waals surface area contributed by atoms with Crippen LogP contribution in [-0.4, -0.2) is 18.5 Å². The van der Waals surface area contributed by atoms with Crippen LogP contribution in [0.3, 0.4) is 0 Å². The van der Waals surface area contributed by atoms with Crippen LogP contribution in [-0.2, 0) is 4.74 Å². The molecule has 166 valence electrons. The molecule has 2 nitrogen and oxygen atoms in total. The second-order valence-corrected chi connectivity index (χ2v) is 10.0. The van der Waals surface area contributed by atoms with E-state index < -0.39 is 0 Å². The third-order valence-electron chi connectivity index (χ3n) is 6.90. The minimum absolute atomic E-state index is 0.168. The van der Waals surface area contributed by atoms with Gasteiger partial charge in [0.15, 0.2) is 5.90 Å². The zero-order chi connectivity index (χ0) is 22.6. The molecule has 31 heavy (non-hydrogen) atoms. The second-order valence-electron chi connectivity index (χ2n) is 10.0. The Morgan fingerprint density at radius 3 is 2.35 bits per heavy atom. The van der Waals surface area contributed by atoms with E-state index in [1.165, 1.54) is 22.3 Å². The van der Waals surface area contributed by atoms with Crippen LogP contribution in [0.5, 0.6) is 0 Å². The van der Waals surface area contributed by atoms with Crippen LogP contribution in [0.4, 0.5) is 0 Å². The highest BCUT2D eigenvalue weighted by molar-refractivity contribution is 5.84. The van der Waals surface area contributed by atoms with Gasteiger partial charge in [0.2, 0.25) is 0 Å². The molecule has 1 aliphatic heterocycles. The van der Waals surface area contributed by atoms with E-state index in [0.717, 1.165) is 18.7 Å². The van der Waals surface area contributed by atoms with Crippen LogP contribution < -0.4 is 0 Å². The molecule has 0 saturated heterocycles. The molecule has 0 aromatic heterocycles. The zero-order valence-electron chi connectivity index (χ0n) is 20.2.